The Hall–Kier alpha value is -2.65. The molecule has 2 aromatic rings. The van der Waals surface area contributed by atoms with Crippen molar-refractivity contribution in [2.24, 2.45) is 0 Å². The number of hydrogen-bond acceptors (Lipinski definition) is 4. The molecule has 0 bridgehead atoms. The first-order valence-corrected chi connectivity index (χ1v) is 11.7. The number of benzene rings is 2. The molecule has 168 valence electrons. The standard InChI is InChI=1S/C22H29FN4O3S/c1-25(2)31(29,30)27(21-9-5-4-8-20(21)23)17-22(28)24-16-18-10-12-19(13-11-18)26-14-6-3-7-15-26/h4-5,8-13H,3,6-7,14-17H2,1-2H3,(H,24,28). The van der Waals surface area contributed by atoms with E-state index in [1.54, 1.807) is 0 Å². The molecule has 7 nitrogen and oxygen atoms in total. The molecule has 3 rings (SSSR count). The first-order valence-electron chi connectivity index (χ1n) is 10.3. The van der Waals surface area contributed by atoms with Gasteiger partial charge in [-0.25, -0.2) is 8.70 Å². The number of para-hydroxylation sites is 1. The van der Waals surface area contributed by atoms with Crippen LogP contribution in [0, 0.1) is 5.82 Å². The van der Waals surface area contributed by atoms with Crippen LogP contribution in [-0.4, -0.2) is 52.4 Å². The lowest BCUT2D eigenvalue weighted by atomic mass is 10.1. The number of hydrogen-bond donors (Lipinski definition) is 1. The smallest absolute Gasteiger partial charge is 0.304 e. The molecule has 0 aliphatic carbocycles. The maximum atomic E-state index is 14.3. The third-order valence-corrected chi connectivity index (χ3v) is 7.10. The summed E-state index contributed by atoms with van der Waals surface area (Å²) in [5.74, 6) is -1.23. The molecule has 31 heavy (non-hydrogen) atoms. The number of nitrogens with zero attached hydrogens (tertiary/aromatic N) is 3. The fourth-order valence-corrected chi connectivity index (χ4v) is 4.58. The summed E-state index contributed by atoms with van der Waals surface area (Å²) >= 11 is 0. The Morgan fingerprint density at radius 3 is 2.29 bits per heavy atom. The topological polar surface area (TPSA) is 73.0 Å². The monoisotopic (exact) mass is 448 g/mol. The third kappa shape index (κ3) is 5.74. The Bertz CT molecular complexity index is 990. The first-order chi connectivity index (χ1) is 14.8. The lowest BCUT2D eigenvalue weighted by Gasteiger charge is -2.29. The minimum absolute atomic E-state index is 0.169. The van der Waals surface area contributed by atoms with Gasteiger partial charge in [0.05, 0.1) is 5.69 Å². The van der Waals surface area contributed by atoms with Gasteiger partial charge in [0.2, 0.25) is 5.91 Å². The zero-order valence-electron chi connectivity index (χ0n) is 17.9. The summed E-state index contributed by atoms with van der Waals surface area (Å²) < 4.78 is 41.4. The Morgan fingerprint density at radius 2 is 1.68 bits per heavy atom. The molecule has 0 saturated carbocycles. The Morgan fingerprint density at radius 1 is 1.03 bits per heavy atom. The van der Waals surface area contributed by atoms with Crippen molar-refractivity contribution in [3.63, 3.8) is 0 Å². The molecule has 9 heteroatoms. The van der Waals surface area contributed by atoms with Gasteiger partial charge in [0, 0.05) is 39.4 Å². The van der Waals surface area contributed by atoms with Crippen molar-refractivity contribution >= 4 is 27.5 Å². The van der Waals surface area contributed by atoms with Gasteiger partial charge in [-0.3, -0.25) is 4.79 Å². The first kappa shape index (κ1) is 23.0. The van der Waals surface area contributed by atoms with E-state index in [2.05, 4.69) is 10.2 Å². The summed E-state index contributed by atoms with van der Waals surface area (Å²) in [5, 5.41) is 2.73. The lowest BCUT2D eigenvalue weighted by Crippen LogP contribution is -2.46. The van der Waals surface area contributed by atoms with E-state index >= 15 is 0 Å². The van der Waals surface area contributed by atoms with E-state index in [0.717, 1.165) is 39.0 Å². The quantitative estimate of drug-likeness (QED) is 0.674. The predicted molar refractivity (Wildman–Crippen MR) is 121 cm³/mol. The second-order valence-electron chi connectivity index (χ2n) is 7.74. The maximum absolute atomic E-state index is 14.3. The van der Waals surface area contributed by atoms with E-state index in [-0.39, 0.29) is 12.2 Å². The minimum atomic E-state index is -4.05. The number of halogens is 1. The van der Waals surface area contributed by atoms with Crippen molar-refractivity contribution in [1.82, 2.24) is 9.62 Å². The van der Waals surface area contributed by atoms with E-state index in [9.17, 15) is 17.6 Å². The summed E-state index contributed by atoms with van der Waals surface area (Å²) in [4.78, 5) is 14.9. The van der Waals surface area contributed by atoms with E-state index in [4.69, 9.17) is 0 Å². The predicted octanol–water partition coefficient (Wildman–Crippen LogP) is 2.75. The van der Waals surface area contributed by atoms with Gasteiger partial charge in [-0.15, -0.1) is 0 Å². The van der Waals surface area contributed by atoms with E-state index in [1.165, 1.54) is 51.6 Å². The fourth-order valence-electron chi connectivity index (χ4n) is 3.51. The zero-order valence-corrected chi connectivity index (χ0v) is 18.7. The molecule has 0 aromatic heterocycles. The molecule has 0 radical (unpaired) electrons. The van der Waals surface area contributed by atoms with Gasteiger partial charge in [-0.2, -0.15) is 12.7 Å². The fraction of sp³-hybridized carbons (Fsp3) is 0.409. The Balaban J connectivity index is 1.65. The van der Waals surface area contributed by atoms with Crippen molar-refractivity contribution in [2.45, 2.75) is 25.8 Å². The highest BCUT2D eigenvalue weighted by atomic mass is 32.2. The van der Waals surface area contributed by atoms with Crippen LogP contribution < -0.4 is 14.5 Å². The number of anilines is 2. The highest BCUT2D eigenvalue weighted by Gasteiger charge is 2.29. The van der Waals surface area contributed by atoms with Crippen molar-refractivity contribution in [2.75, 3.05) is 42.9 Å². The van der Waals surface area contributed by atoms with Crippen LogP contribution in [0.2, 0.25) is 0 Å². The molecule has 0 unspecified atom stereocenters. The van der Waals surface area contributed by atoms with Gasteiger partial charge < -0.3 is 10.2 Å². The molecule has 1 saturated heterocycles. The Kier molecular flexibility index (Phi) is 7.50. The largest absolute Gasteiger partial charge is 0.372 e. The van der Waals surface area contributed by atoms with Crippen molar-refractivity contribution in [3.05, 3.63) is 59.9 Å². The van der Waals surface area contributed by atoms with E-state index in [1.807, 2.05) is 24.3 Å². The average molecular weight is 449 g/mol. The van der Waals surface area contributed by atoms with Crippen LogP contribution in [0.5, 0.6) is 0 Å². The minimum Gasteiger partial charge on any atom is -0.372 e. The number of carbonyl (C=O) groups is 1. The van der Waals surface area contributed by atoms with E-state index < -0.39 is 28.5 Å². The normalized spacial score (nSPS) is 14.5. The summed E-state index contributed by atoms with van der Waals surface area (Å²) in [6.07, 6.45) is 3.67. The third-order valence-electron chi connectivity index (χ3n) is 5.30. The second kappa shape index (κ2) is 10.1. The summed E-state index contributed by atoms with van der Waals surface area (Å²) in [5.41, 5.74) is 1.90. The number of rotatable bonds is 8. The molecular weight excluding hydrogens is 419 g/mol. The van der Waals surface area contributed by atoms with Crippen LogP contribution in [0.1, 0.15) is 24.8 Å². The molecule has 0 atom stereocenters. The molecule has 2 aromatic carbocycles. The summed E-state index contributed by atoms with van der Waals surface area (Å²) in [6, 6.07) is 13.5. The summed E-state index contributed by atoms with van der Waals surface area (Å²) in [6.45, 7) is 1.85. The molecule has 0 spiro atoms. The maximum Gasteiger partial charge on any atom is 0.304 e. The van der Waals surface area contributed by atoms with Crippen LogP contribution in [0.3, 0.4) is 0 Å². The van der Waals surface area contributed by atoms with Crippen molar-refractivity contribution < 1.29 is 17.6 Å². The van der Waals surface area contributed by atoms with Gasteiger partial charge >= 0.3 is 10.2 Å². The molecule has 1 amide bonds. The van der Waals surface area contributed by atoms with Gasteiger partial charge in [0.15, 0.2) is 0 Å². The molecule has 1 heterocycles. The highest BCUT2D eigenvalue weighted by molar-refractivity contribution is 7.90. The number of piperidine rings is 1. The second-order valence-corrected chi connectivity index (χ2v) is 9.81. The highest BCUT2D eigenvalue weighted by Crippen LogP contribution is 2.23. The van der Waals surface area contributed by atoms with Crippen LogP contribution in [0.25, 0.3) is 0 Å². The molecule has 1 aliphatic rings. The molecule has 1 N–H and O–H groups in total. The lowest BCUT2D eigenvalue weighted by molar-refractivity contribution is -0.119. The average Bonchev–Trinajstić information content (AvgIpc) is 2.77. The van der Waals surface area contributed by atoms with Gasteiger partial charge in [0.1, 0.15) is 12.4 Å². The van der Waals surface area contributed by atoms with Crippen LogP contribution in [-0.2, 0) is 21.5 Å². The molecular formula is C22H29FN4O3S. The van der Waals surface area contributed by atoms with Crippen LogP contribution >= 0.6 is 0 Å². The van der Waals surface area contributed by atoms with Crippen molar-refractivity contribution in [3.8, 4) is 0 Å². The van der Waals surface area contributed by atoms with Gasteiger partial charge in [-0.05, 0) is 49.1 Å². The zero-order chi connectivity index (χ0) is 22.4. The number of amides is 1. The number of carbonyl (C=O) groups excluding carboxylic acids is 1. The Labute approximate surface area is 183 Å². The molecule has 1 aliphatic heterocycles. The SMILES string of the molecule is CN(C)S(=O)(=O)N(CC(=O)NCc1ccc(N2CCCCC2)cc1)c1ccccc1F. The molecule has 1 fully saturated rings. The van der Waals surface area contributed by atoms with Gasteiger partial charge in [0.25, 0.3) is 0 Å². The van der Waals surface area contributed by atoms with E-state index in [0.29, 0.717) is 0 Å². The van der Waals surface area contributed by atoms with Crippen LogP contribution in [0.4, 0.5) is 15.8 Å². The number of nitrogens with one attached hydrogen (secondary N) is 1. The van der Waals surface area contributed by atoms with Crippen LogP contribution in [0.15, 0.2) is 48.5 Å². The summed E-state index contributed by atoms with van der Waals surface area (Å²) in [7, 11) is -1.37. The van der Waals surface area contributed by atoms with Gasteiger partial charge in [-0.1, -0.05) is 24.3 Å². The van der Waals surface area contributed by atoms with Crippen molar-refractivity contribution in [1.29, 1.82) is 0 Å².